The van der Waals surface area contributed by atoms with Crippen molar-refractivity contribution in [3.63, 3.8) is 0 Å². The van der Waals surface area contributed by atoms with Crippen molar-refractivity contribution in [2.75, 3.05) is 4.72 Å². The van der Waals surface area contributed by atoms with Gasteiger partial charge in [0.05, 0.1) is 4.90 Å². The summed E-state index contributed by atoms with van der Waals surface area (Å²) in [5.74, 6) is 1.83. The van der Waals surface area contributed by atoms with E-state index >= 15 is 0 Å². The minimum Gasteiger partial charge on any atom is -0.330 e. The van der Waals surface area contributed by atoms with E-state index in [1.54, 1.807) is 17.5 Å². The Labute approximate surface area is 212 Å². The Morgan fingerprint density at radius 2 is 1.74 bits per heavy atom. The molecule has 0 unspecified atom stereocenters. The van der Waals surface area contributed by atoms with Gasteiger partial charge in [-0.15, -0.1) is 0 Å². The molecule has 184 valence electrons. The van der Waals surface area contributed by atoms with Gasteiger partial charge >= 0.3 is 0 Å². The normalized spacial score (nSPS) is 12.3. The molecule has 0 saturated carbocycles. The third-order valence-corrected chi connectivity index (χ3v) is 7.63. The van der Waals surface area contributed by atoms with Crippen LogP contribution in [0.25, 0.3) is 11.1 Å². The van der Waals surface area contributed by atoms with Crippen LogP contribution in [0.3, 0.4) is 0 Å². The van der Waals surface area contributed by atoms with Gasteiger partial charge in [0.25, 0.3) is 10.0 Å². The van der Waals surface area contributed by atoms with Gasteiger partial charge < -0.3 is 4.57 Å². The molecule has 2 aromatic heterocycles. The number of nitrogens with one attached hydrogen (secondary N) is 1. The second-order valence-electron chi connectivity index (χ2n) is 10.2. The maximum atomic E-state index is 13.3. The molecule has 0 saturated heterocycles. The highest BCUT2D eigenvalue weighted by molar-refractivity contribution is 7.92. The largest absolute Gasteiger partial charge is 0.330 e. The van der Waals surface area contributed by atoms with Crippen molar-refractivity contribution in [3.05, 3.63) is 83.3 Å². The van der Waals surface area contributed by atoms with Crippen LogP contribution in [0.4, 0.5) is 5.82 Å². The quantitative estimate of drug-likeness (QED) is 0.301. The first-order valence-electron chi connectivity index (χ1n) is 11.7. The molecule has 4 aromatic rings. The number of rotatable bonds is 8. The second kappa shape index (κ2) is 9.95. The number of hydrogen-bond donors (Lipinski definition) is 1. The summed E-state index contributed by atoms with van der Waals surface area (Å²) in [5.41, 5.74) is 3.74. The summed E-state index contributed by atoms with van der Waals surface area (Å²) in [7, 11) is -3.80. The first kappa shape index (κ1) is 25.1. The lowest BCUT2D eigenvalue weighted by Gasteiger charge is -2.20. The summed E-state index contributed by atoms with van der Waals surface area (Å²) in [5, 5.41) is 1.74. The van der Waals surface area contributed by atoms with Crippen molar-refractivity contribution >= 4 is 27.4 Å². The van der Waals surface area contributed by atoms with Crippen LogP contribution in [0.5, 0.6) is 0 Å². The van der Waals surface area contributed by atoms with Crippen LogP contribution in [0.1, 0.15) is 51.6 Å². The van der Waals surface area contributed by atoms with Gasteiger partial charge in [0.1, 0.15) is 5.82 Å². The summed E-state index contributed by atoms with van der Waals surface area (Å²) in [6, 6.07) is 15.4. The highest BCUT2D eigenvalue weighted by atomic mass is 32.2. The zero-order valence-electron chi connectivity index (χ0n) is 20.8. The van der Waals surface area contributed by atoms with E-state index in [2.05, 4.69) is 65.4 Å². The van der Waals surface area contributed by atoms with Crippen molar-refractivity contribution < 1.29 is 8.42 Å². The lowest BCUT2D eigenvalue weighted by molar-refractivity contribution is 0.511. The van der Waals surface area contributed by atoms with Crippen molar-refractivity contribution in [2.45, 2.75) is 57.9 Å². The monoisotopic (exact) mass is 508 g/mol. The van der Waals surface area contributed by atoms with E-state index in [4.69, 9.17) is 0 Å². The Balaban J connectivity index is 1.69. The molecule has 4 rings (SSSR count). The highest BCUT2D eigenvalue weighted by Gasteiger charge is 2.22. The van der Waals surface area contributed by atoms with Crippen molar-refractivity contribution in [1.29, 1.82) is 0 Å². The molecule has 8 heteroatoms. The fourth-order valence-corrected chi connectivity index (χ4v) is 5.90. The molecule has 35 heavy (non-hydrogen) atoms. The van der Waals surface area contributed by atoms with Gasteiger partial charge in [0.2, 0.25) is 0 Å². The van der Waals surface area contributed by atoms with Gasteiger partial charge in [-0.1, -0.05) is 65.0 Å². The number of sulfonamides is 1. The molecule has 1 N–H and O–H groups in total. The van der Waals surface area contributed by atoms with Gasteiger partial charge in [-0.3, -0.25) is 4.72 Å². The van der Waals surface area contributed by atoms with Crippen molar-refractivity contribution in [3.8, 4) is 11.1 Å². The number of benzene rings is 2. The fourth-order valence-electron chi connectivity index (χ4n) is 4.16. The van der Waals surface area contributed by atoms with E-state index in [-0.39, 0.29) is 10.3 Å². The molecule has 0 aliphatic carbocycles. The molecule has 0 radical (unpaired) electrons. The maximum absolute atomic E-state index is 13.3. The zero-order valence-corrected chi connectivity index (χ0v) is 22.5. The molecule has 2 heterocycles. The first-order chi connectivity index (χ1) is 16.5. The van der Waals surface area contributed by atoms with E-state index in [9.17, 15) is 8.42 Å². The van der Waals surface area contributed by atoms with E-state index in [0.717, 1.165) is 28.9 Å². The summed E-state index contributed by atoms with van der Waals surface area (Å²) < 4.78 is 35.4. The summed E-state index contributed by atoms with van der Waals surface area (Å²) >= 11 is 1.21. The number of aromatic nitrogens is 3. The van der Waals surface area contributed by atoms with Gasteiger partial charge in [-0.25, -0.2) is 13.4 Å². The summed E-state index contributed by atoms with van der Waals surface area (Å²) in [6.07, 6.45) is 4.71. The lowest BCUT2D eigenvalue weighted by atomic mass is 9.95. The number of imidazole rings is 1. The smallest absolute Gasteiger partial charge is 0.263 e. The van der Waals surface area contributed by atoms with Crippen LogP contribution in [0.2, 0.25) is 0 Å². The van der Waals surface area contributed by atoms with E-state index in [1.807, 2.05) is 36.7 Å². The average Bonchev–Trinajstić information content (AvgIpc) is 3.45. The van der Waals surface area contributed by atoms with E-state index in [0.29, 0.717) is 23.8 Å². The second-order valence-corrected chi connectivity index (χ2v) is 12.6. The van der Waals surface area contributed by atoms with Crippen LogP contribution in [0, 0.1) is 5.92 Å². The Kier molecular flexibility index (Phi) is 7.15. The Morgan fingerprint density at radius 1 is 1.03 bits per heavy atom. The van der Waals surface area contributed by atoms with Gasteiger partial charge in [-0.2, -0.15) is 4.37 Å². The zero-order chi connectivity index (χ0) is 25.2. The third kappa shape index (κ3) is 6.00. The molecule has 0 aliphatic heterocycles. The van der Waals surface area contributed by atoms with Crippen LogP contribution < -0.4 is 4.72 Å². The topological polar surface area (TPSA) is 76.9 Å². The third-order valence-electron chi connectivity index (χ3n) is 5.66. The molecule has 0 bridgehead atoms. The Morgan fingerprint density at radius 3 is 2.37 bits per heavy atom. The summed E-state index contributed by atoms with van der Waals surface area (Å²) in [6.45, 7) is 11.5. The lowest BCUT2D eigenvalue weighted by Crippen LogP contribution is -2.19. The molecule has 2 aromatic carbocycles. The minimum atomic E-state index is -3.80. The predicted molar refractivity (Wildman–Crippen MR) is 143 cm³/mol. The van der Waals surface area contributed by atoms with Crippen LogP contribution in [-0.2, 0) is 28.4 Å². The average molecular weight is 509 g/mol. The Hall–Kier alpha value is -2.97. The predicted octanol–water partition coefficient (Wildman–Crippen LogP) is 6.35. The van der Waals surface area contributed by atoms with Gasteiger partial charge in [0.15, 0.2) is 5.82 Å². The van der Waals surface area contributed by atoms with E-state index < -0.39 is 10.0 Å². The summed E-state index contributed by atoms with van der Waals surface area (Å²) in [4.78, 5) is 4.78. The molecular weight excluding hydrogens is 476 g/mol. The maximum Gasteiger partial charge on any atom is 0.263 e. The minimum absolute atomic E-state index is 0.0478. The van der Waals surface area contributed by atoms with Crippen LogP contribution in [-0.4, -0.2) is 22.3 Å². The van der Waals surface area contributed by atoms with Gasteiger partial charge in [0, 0.05) is 35.3 Å². The molecule has 0 amide bonds. The fraction of sp³-hybridized carbons (Fsp3) is 0.333. The van der Waals surface area contributed by atoms with Crippen molar-refractivity contribution in [1.82, 2.24) is 13.9 Å². The number of nitrogens with zero attached hydrogens (tertiary/aromatic N) is 3. The molecule has 0 atom stereocenters. The number of anilines is 1. The number of hydrogen-bond acceptors (Lipinski definition) is 5. The molecule has 0 spiro atoms. The first-order valence-corrected chi connectivity index (χ1v) is 14.0. The van der Waals surface area contributed by atoms with E-state index in [1.165, 1.54) is 11.5 Å². The van der Waals surface area contributed by atoms with Crippen molar-refractivity contribution in [2.24, 2.45) is 5.92 Å². The van der Waals surface area contributed by atoms with Crippen LogP contribution in [0.15, 0.2) is 71.2 Å². The van der Waals surface area contributed by atoms with Crippen LogP contribution >= 0.6 is 11.5 Å². The standard InChI is InChI=1S/C27H32N4O2S2/c1-19(2)16-21-8-11-24(35(32,33)30-25-12-15-34-29-25)23(17-21)22-9-6-20(7-10-22)18-31-14-13-28-26(31)27(3,4)5/h6-15,17,19H,16,18H2,1-5H3,(H,29,30). The molecule has 6 nitrogen and oxygen atoms in total. The Bertz CT molecular complexity index is 1380. The SMILES string of the molecule is CC(C)Cc1ccc(S(=O)(=O)Nc2ccsn2)c(-c2ccc(Cn3ccnc3C(C)(C)C)cc2)c1. The highest BCUT2D eigenvalue weighted by Crippen LogP contribution is 2.31. The molecular formula is C27H32N4O2S2. The van der Waals surface area contributed by atoms with Gasteiger partial charge in [-0.05, 0) is 58.8 Å². The molecule has 0 aliphatic rings. The molecule has 0 fully saturated rings.